The van der Waals surface area contributed by atoms with E-state index in [2.05, 4.69) is 17.4 Å². The smallest absolute Gasteiger partial charge is 0.261 e. The zero-order chi connectivity index (χ0) is 15.1. The Morgan fingerprint density at radius 1 is 1.38 bits per heavy atom. The third-order valence-electron chi connectivity index (χ3n) is 3.80. The van der Waals surface area contributed by atoms with Gasteiger partial charge in [-0.3, -0.25) is 4.79 Å². The fraction of sp³-hybridized carbons (Fsp3) is 0.500. The zero-order valence-corrected chi connectivity index (χ0v) is 12.2. The molecule has 4 nitrogen and oxygen atoms in total. The molecule has 0 heterocycles. The van der Waals surface area contributed by atoms with E-state index in [0.717, 1.165) is 18.4 Å². The maximum Gasteiger partial charge on any atom is 0.261 e. The van der Waals surface area contributed by atoms with Crippen molar-refractivity contribution in [3.63, 3.8) is 0 Å². The summed E-state index contributed by atoms with van der Waals surface area (Å²) in [7, 11) is 0. The van der Waals surface area contributed by atoms with Crippen LogP contribution in [0.2, 0.25) is 0 Å². The lowest BCUT2D eigenvalue weighted by molar-refractivity contribution is -0.126. The molecule has 2 atom stereocenters. The Labute approximate surface area is 124 Å². The number of hydrogen-bond acceptors (Lipinski definition) is 3. The zero-order valence-electron chi connectivity index (χ0n) is 12.2. The number of amides is 1. The van der Waals surface area contributed by atoms with Gasteiger partial charge in [-0.25, -0.2) is 4.39 Å². The number of halogens is 1. The monoisotopic (exact) mass is 292 g/mol. The summed E-state index contributed by atoms with van der Waals surface area (Å²) < 4.78 is 12.7. The fourth-order valence-corrected chi connectivity index (χ4v) is 2.52. The van der Waals surface area contributed by atoms with Crippen molar-refractivity contribution < 1.29 is 14.0 Å². The Bertz CT molecular complexity index is 488. The Morgan fingerprint density at radius 3 is 2.81 bits per heavy atom. The van der Waals surface area contributed by atoms with Crippen molar-refractivity contribution in [2.75, 3.05) is 6.61 Å². The summed E-state index contributed by atoms with van der Waals surface area (Å²) in [6, 6.07) is 6.12. The minimum atomic E-state index is -0.297. The van der Waals surface area contributed by atoms with E-state index in [1.807, 2.05) is 0 Å². The van der Waals surface area contributed by atoms with Crippen LogP contribution in [0.3, 0.4) is 0 Å². The predicted molar refractivity (Wildman–Crippen MR) is 79.5 cm³/mol. The lowest BCUT2D eigenvalue weighted by Crippen LogP contribution is -2.42. The van der Waals surface area contributed by atoms with Gasteiger partial charge < -0.3 is 10.2 Å². The summed E-state index contributed by atoms with van der Waals surface area (Å²) in [6.07, 6.45) is 6.06. The number of benzene rings is 1. The lowest BCUT2D eigenvalue weighted by atomic mass is 9.86. The second-order valence-electron chi connectivity index (χ2n) is 5.50. The molecule has 1 aliphatic rings. The minimum Gasteiger partial charge on any atom is -0.386 e. The molecule has 2 rings (SSSR count). The highest BCUT2D eigenvalue weighted by Gasteiger charge is 2.22. The predicted octanol–water partition coefficient (Wildman–Crippen LogP) is 2.87. The van der Waals surface area contributed by atoms with Crippen LogP contribution in [-0.2, 0) is 9.63 Å². The highest BCUT2D eigenvalue weighted by atomic mass is 19.1. The quantitative estimate of drug-likeness (QED) is 0.670. The van der Waals surface area contributed by atoms with E-state index in [1.165, 1.54) is 31.2 Å². The first-order chi connectivity index (χ1) is 10.1. The first-order valence-corrected chi connectivity index (χ1v) is 7.35. The van der Waals surface area contributed by atoms with Crippen LogP contribution < -0.4 is 5.32 Å². The lowest BCUT2D eigenvalue weighted by Gasteiger charge is -2.29. The van der Waals surface area contributed by atoms with Crippen LogP contribution in [0.5, 0.6) is 0 Å². The number of rotatable bonds is 5. The van der Waals surface area contributed by atoms with E-state index in [9.17, 15) is 9.18 Å². The molecule has 2 unspecified atom stereocenters. The average Bonchev–Trinajstić information content (AvgIpc) is 2.48. The van der Waals surface area contributed by atoms with Gasteiger partial charge in [-0.1, -0.05) is 37.1 Å². The molecule has 1 aromatic rings. The van der Waals surface area contributed by atoms with E-state index in [1.54, 1.807) is 12.1 Å². The number of carbonyl (C=O) groups is 1. The summed E-state index contributed by atoms with van der Waals surface area (Å²) >= 11 is 0. The third kappa shape index (κ3) is 5.17. The van der Waals surface area contributed by atoms with Gasteiger partial charge in [0.15, 0.2) is 6.61 Å². The molecule has 1 saturated carbocycles. The molecule has 1 N–H and O–H groups in total. The average molecular weight is 292 g/mol. The summed E-state index contributed by atoms with van der Waals surface area (Å²) in [6.45, 7) is 2.07. The molecule has 0 saturated heterocycles. The second-order valence-corrected chi connectivity index (χ2v) is 5.50. The van der Waals surface area contributed by atoms with Gasteiger partial charge in [0, 0.05) is 6.04 Å². The number of oxime groups is 1. The van der Waals surface area contributed by atoms with Gasteiger partial charge in [-0.15, -0.1) is 0 Å². The van der Waals surface area contributed by atoms with Gasteiger partial charge in [0.2, 0.25) is 0 Å². The molecule has 1 fully saturated rings. The topological polar surface area (TPSA) is 50.7 Å². The second kappa shape index (κ2) is 7.76. The highest BCUT2D eigenvalue weighted by Crippen LogP contribution is 2.23. The van der Waals surface area contributed by atoms with Gasteiger partial charge >= 0.3 is 0 Å². The molecule has 0 radical (unpaired) electrons. The van der Waals surface area contributed by atoms with Crippen LogP contribution >= 0.6 is 0 Å². The molecule has 0 bridgehead atoms. The van der Waals surface area contributed by atoms with Crippen molar-refractivity contribution in [2.24, 2.45) is 11.1 Å². The molecule has 21 heavy (non-hydrogen) atoms. The molecule has 1 aromatic carbocycles. The Kier molecular flexibility index (Phi) is 5.72. The molecule has 0 aromatic heterocycles. The van der Waals surface area contributed by atoms with Gasteiger partial charge in [-0.05, 0) is 36.5 Å². The molecule has 1 aliphatic carbocycles. The van der Waals surface area contributed by atoms with Gasteiger partial charge in [0.05, 0.1) is 6.21 Å². The fourth-order valence-electron chi connectivity index (χ4n) is 2.52. The van der Waals surface area contributed by atoms with Crippen molar-refractivity contribution >= 4 is 12.1 Å². The molecule has 1 amide bonds. The first-order valence-electron chi connectivity index (χ1n) is 7.35. The number of nitrogens with zero attached hydrogens (tertiary/aromatic N) is 1. The summed E-state index contributed by atoms with van der Waals surface area (Å²) in [4.78, 5) is 16.7. The van der Waals surface area contributed by atoms with Gasteiger partial charge in [-0.2, -0.15) is 0 Å². The molecular weight excluding hydrogens is 271 g/mol. The van der Waals surface area contributed by atoms with Crippen LogP contribution in [0.25, 0.3) is 0 Å². The largest absolute Gasteiger partial charge is 0.386 e. The summed E-state index contributed by atoms with van der Waals surface area (Å²) in [5.41, 5.74) is 0.720. The van der Waals surface area contributed by atoms with Crippen LogP contribution in [0.1, 0.15) is 38.2 Å². The van der Waals surface area contributed by atoms with Crippen LogP contribution in [0.15, 0.2) is 29.4 Å². The van der Waals surface area contributed by atoms with Gasteiger partial charge in [0.1, 0.15) is 5.82 Å². The number of hydrogen-bond donors (Lipinski definition) is 1. The van der Waals surface area contributed by atoms with E-state index >= 15 is 0 Å². The van der Waals surface area contributed by atoms with Crippen LogP contribution in [-0.4, -0.2) is 24.8 Å². The van der Waals surface area contributed by atoms with Crippen LogP contribution in [0, 0.1) is 11.7 Å². The molecule has 0 spiro atoms. The van der Waals surface area contributed by atoms with Crippen molar-refractivity contribution in [2.45, 2.75) is 38.6 Å². The maximum absolute atomic E-state index is 12.7. The first kappa shape index (κ1) is 15.5. The van der Waals surface area contributed by atoms with E-state index < -0.39 is 0 Å². The number of carbonyl (C=O) groups excluding carboxylic acids is 1. The van der Waals surface area contributed by atoms with Crippen LogP contribution in [0.4, 0.5) is 4.39 Å². The van der Waals surface area contributed by atoms with E-state index in [-0.39, 0.29) is 24.4 Å². The van der Waals surface area contributed by atoms with Gasteiger partial charge in [0.25, 0.3) is 5.91 Å². The molecule has 114 valence electrons. The Hall–Kier alpha value is -1.91. The molecular formula is C16H21FN2O2. The SMILES string of the molecule is CC1CCCCC1NC(=O)CO/N=C/c1ccc(F)cc1. The van der Waals surface area contributed by atoms with E-state index in [4.69, 9.17) is 4.84 Å². The maximum atomic E-state index is 12.7. The van der Waals surface area contributed by atoms with Crippen molar-refractivity contribution in [3.05, 3.63) is 35.6 Å². The standard InChI is InChI=1S/C16H21FN2O2/c1-12-4-2-3-5-15(12)19-16(20)11-21-18-10-13-6-8-14(17)9-7-13/h6-10,12,15H,2-5,11H2,1H3,(H,19,20)/b18-10+. The van der Waals surface area contributed by atoms with Crippen molar-refractivity contribution in [1.82, 2.24) is 5.32 Å². The summed E-state index contributed by atoms with van der Waals surface area (Å²) in [5.74, 6) is 0.0736. The molecule has 0 aliphatic heterocycles. The Balaban J connectivity index is 1.70. The van der Waals surface area contributed by atoms with Crippen molar-refractivity contribution in [3.8, 4) is 0 Å². The highest BCUT2D eigenvalue weighted by molar-refractivity contribution is 5.79. The third-order valence-corrected chi connectivity index (χ3v) is 3.80. The summed E-state index contributed by atoms with van der Waals surface area (Å²) in [5, 5.41) is 6.70. The molecule has 5 heteroatoms. The Morgan fingerprint density at radius 2 is 2.10 bits per heavy atom. The normalized spacial score (nSPS) is 22.2. The minimum absolute atomic E-state index is 0.0963. The van der Waals surface area contributed by atoms with Crippen molar-refractivity contribution in [1.29, 1.82) is 0 Å². The van der Waals surface area contributed by atoms with E-state index in [0.29, 0.717) is 5.92 Å². The number of nitrogens with one attached hydrogen (secondary N) is 1.